The molecular formula is C28H26N6O. The Kier molecular flexibility index (Phi) is 6.08. The van der Waals surface area contributed by atoms with Crippen molar-refractivity contribution < 1.29 is 4.79 Å². The number of benzene rings is 2. The van der Waals surface area contributed by atoms with Crippen LogP contribution in [-0.4, -0.2) is 48.0 Å². The quantitative estimate of drug-likeness (QED) is 0.549. The van der Waals surface area contributed by atoms with Crippen molar-refractivity contribution in [2.75, 3.05) is 36.0 Å². The molecule has 1 amide bonds. The van der Waals surface area contributed by atoms with Gasteiger partial charge in [0.05, 0.1) is 24.1 Å². The molecule has 2 aliphatic heterocycles. The van der Waals surface area contributed by atoms with Gasteiger partial charge in [-0.05, 0) is 29.5 Å². The normalized spacial score (nSPS) is 17.4. The van der Waals surface area contributed by atoms with Gasteiger partial charge >= 0.3 is 0 Å². The van der Waals surface area contributed by atoms with Crippen LogP contribution in [0.1, 0.15) is 23.1 Å². The summed E-state index contributed by atoms with van der Waals surface area (Å²) >= 11 is 0. The van der Waals surface area contributed by atoms with Gasteiger partial charge in [-0.1, -0.05) is 43.0 Å². The largest absolute Gasteiger partial charge is 0.366 e. The number of carbonyl (C=O) groups is 1. The van der Waals surface area contributed by atoms with Crippen LogP contribution < -0.4 is 9.80 Å². The predicted octanol–water partition coefficient (Wildman–Crippen LogP) is 3.79. The number of pyridine rings is 1. The average molecular weight is 463 g/mol. The van der Waals surface area contributed by atoms with E-state index in [1.165, 1.54) is 22.5 Å². The summed E-state index contributed by atoms with van der Waals surface area (Å²) in [7, 11) is 0. The summed E-state index contributed by atoms with van der Waals surface area (Å²) in [6.45, 7) is 6.73. The number of amides is 1. The Morgan fingerprint density at radius 3 is 2.71 bits per heavy atom. The Balaban J connectivity index is 1.48. The first kappa shape index (κ1) is 22.4. The highest BCUT2D eigenvalue weighted by Gasteiger charge is 2.32. The molecule has 1 saturated heterocycles. The summed E-state index contributed by atoms with van der Waals surface area (Å²) < 4.78 is 0. The van der Waals surface area contributed by atoms with Gasteiger partial charge in [0.2, 0.25) is 5.91 Å². The maximum atomic E-state index is 12.3. The van der Waals surface area contributed by atoms with Gasteiger partial charge in [-0.15, -0.1) is 0 Å². The van der Waals surface area contributed by atoms with Crippen molar-refractivity contribution in [2.45, 2.75) is 25.4 Å². The van der Waals surface area contributed by atoms with E-state index in [0.717, 1.165) is 29.9 Å². The standard InChI is InChI=1S/C28H26N6O/c1-2-27(35)34-15-14-33(18-22(34)10-12-29)28-24-11-13-32(19-25(24)21(16-30)17-31-28)26-9-5-7-20-6-3-4-8-23(20)26/h2-9,17,22H,1,10-11,13-15,18-19H2. The molecule has 0 bridgehead atoms. The SMILES string of the molecule is C=CC(=O)N1CCN(c2ncc(C#N)c3c2CCN(c2cccc4ccccc24)C3)CC1CC#N. The number of fused-ring (bicyclic) bond motifs is 2. The number of hydrogen-bond acceptors (Lipinski definition) is 6. The van der Waals surface area contributed by atoms with Crippen molar-refractivity contribution in [3.63, 3.8) is 0 Å². The highest BCUT2D eigenvalue weighted by atomic mass is 16.2. The van der Waals surface area contributed by atoms with E-state index in [2.05, 4.69) is 64.9 Å². The first-order chi connectivity index (χ1) is 17.1. The summed E-state index contributed by atoms with van der Waals surface area (Å²) in [5, 5.41) is 21.6. The second-order valence-corrected chi connectivity index (χ2v) is 8.93. The van der Waals surface area contributed by atoms with Crippen LogP contribution in [0.4, 0.5) is 11.5 Å². The van der Waals surface area contributed by atoms with Gasteiger partial charge in [0.15, 0.2) is 0 Å². The molecule has 5 rings (SSSR count). The van der Waals surface area contributed by atoms with Gasteiger partial charge in [0.1, 0.15) is 11.9 Å². The van der Waals surface area contributed by atoms with Crippen molar-refractivity contribution in [3.8, 4) is 12.1 Å². The van der Waals surface area contributed by atoms with E-state index < -0.39 is 0 Å². The average Bonchev–Trinajstić information content (AvgIpc) is 2.91. The Morgan fingerprint density at radius 1 is 1.09 bits per heavy atom. The van der Waals surface area contributed by atoms with Gasteiger partial charge < -0.3 is 14.7 Å². The zero-order valence-corrected chi connectivity index (χ0v) is 19.5. The molecule has 3 heterocycles. The van der Waals surface area contributed by atoms with Crippen molar-refractivity contribution in [1.82, 2.24) is 9.88 Å². The van der Waals surface area contributed by atoms with Crippen LogP contribution >= 0.6 is 0 Å². The number of piperazine rings is 1. The molecule has 2 aliphatic rings. The first-order valence-corrected chi connectivity index (χ1v) is 11.8. The number of nitrogens with zero attached hydrogens (tertiary/aromatic N) is 6. The van der Waals surface area contributed by atoms with Gasteiger partial charge in [-0.3, -0.25) is 4.79 Å². The van der Waals surface area contributed by atoms with Crippen LogP contribution in [-0.2, 0) is 17.8 Å². The fraction of sp³-hybridized carbons (Fsp3) is 0.286. The van der Waals surface area contributed by atoms with Crippen molar-refractivity contribution in [1.29, 1.82) is 10.5 Å². The van der Waals surface area contributed by atoms with Crippen molar-refractivity contribution in [3.05, 3.63) is 78.0 Å². The van der Waals surface area contributed by atoms with E-state index in [1.807, 2.05) is 6.07 Å². The minimum atomic E-state index is -0.219. The first-order valence-electron chi connectivity index (χ1n) is 11.8. The van der Waals surface area contributed by atoms with Crippen LogP contribution in [0.15, 0.2) is 61.3 Å². The van der Waals surface area contributed by atoms with E-state index in [0.29, 0.717) is 31.7 Å². The summed E-state index contributed by atoms with van der Waals surface area (Å²) in [4.78, 5) is 23.2. The van der Waals surface area contributed by atoms with E-state index in [4.69, 9.17) is 4.98 Å². The Morgan fingerprint density at radius 2 is 1.91 bits per heavy atom. The Labute approximate surface area is 205 Å². The minimum Gasteiger partial charge on any atom is -0.366 e. The summed E-state index contributed by atoms with van der Waals surface area (Å²) in [5.41, 5.74) is 3.88. The molecule has 1 unspecified atom stereocenters. The third-order valence-corrected chi connectivity index (χ3v) is 7.05. The number of anilines is 2. The summed E-state index contributed by atoms with van der Waals surface area (Å²) in [6.07, 6.45) is 4.00. The van der Waals surface area contributed by atoms with Crippen LogP contribution in [0.3, 0.4) is 0 Å². The fourth-order valence-electron chi connectivity index (χ4n) is 5.33. The van der Waals surface area contributed by atoms with E-state index in [9.17, 15) is 15.3 Å². The zero-order valence-electron chi connectivity index (χ0n) is 19.5. The maximum Gasteiger partial charge on any atom is 0.246 e. The number of rotatable bonds is 4. The van der Waals surface area contributed by atoms with E-state index >= 15 is 0 Å². The molecule has 174 valence electrons. The van der Waals surface area contributed by atoms with E-state index in [1.54, 1.807) is 11.1 Å². The van der Waals surface area contributed by atoms with Gasteiger partial charge in [-0.2, -0.15) is 10.5 Å². The molecule has 7 heteroatoms. The van der Waals surface area contributed by atoms with Crippen LogP contribution in [0.5, 0.6) is 0 Å². The lowest BCUT2D eigenvalue weighted by Crippen LogP contribution is -2.55. The van der Waals surface area contributed by atoms with Crippen molar-refractivity contribution >= 4 is 28.2 Å². The van der Waals surface area contributed by atoms with Gasteiger partial charge in [0, 0.05) is 55.6 Å². The second kappa shape index (κ2) is 9.48. The predicted molar refractivity (Wildman–Crippen MR) is 136 cm³/mol. The minimum absolute atomic E-state index is 0.148. The lowest BCUT2D eigenvalue weighted by atomic mass is 9.95. The molecule has 1 fully saturated rings. The van der Waals surface area contributed by atoms with Crippen LogP contribution in [0.2, 0.25) is 0 Å². The zero-order chi connectivity index (χ0) is 24.4. The molecule has 1 atom stereocenters. The molecule has 0 spiro atoms. The smallest absolute Gasteiger partial charge is 0.246 e. The summed E-state index contributed by atoms with van der Waals surface area (Å²) in [5.74, 6) is 0.718. The molecule has 2 aromatic carbocycles. The maximum absolute atomic E-state index is 12.3. The van der Waals surface area contributed by atoms with Gasteiger partial charge in [0.25, 0.3) is 0 Å². The Bertz CT molecular complexity index is 1380. The van der Waals surface area contributed by atoms with E-state index in [-0.39, 0.29) is 18.4 Å². The molecule has 0 N–H and O–H groups in total. The lowest BCUT2D eigenvalue weighted by molar-refractivity contribution is -0.128. The fourth-order valence-corrected chi connectivity index (χ4v) is 5.33. The number of aromatic nitrogens is 1. The Hall–Kier alpha value is -4.36. The molecule has 0 aliphatic carbocycles. The highest BCUT2D eigenvalue weighted by Crippen LogP contribution is 2.35. The molecule has 0 radical (unpaired) electrons. The highest BCUT2D eigenvalue weighted by molar-refractivity contribution is 5.94. The molecular weight excluding hydrogens is 436 g/mol. The topological polar surface area (TPSA) is 87.3 Å². The number of hydrogen-bond donors (Lipinski definition) is 0. The van der Waals surface area contributed by atoms with Gasteiger partial charge in [-0.25, -0.2) is 4.98 Å². The lowest BCUT2D eigenvalue weighted by Gasteiger charge is -2.42. The van der Waals surface area contributed by atoms with Crippen LogP contribution in [0, 0.1) is 22.7 Å². The molecule has 35 heavy (non-hydrogen) atoms. The monoisotopic (exact) mass is 462 g/mol. The number of carbonyl (C=O) groups excluding carboxylic acids is 1. The van der Waals surface area contributed by atoms with Crippen LogP contribution in [0.25, 0.3) is 10.8 Å². The molecule has 3 aromatic rings. The van der Waals surface area contributed by atoms with Crippen molar-refractivity contribution in [2.24, 2.45) is 0 Å². The molecule has 1 aromatic heterocycles. The molecule has 0 saturated carbocycles. The third kappa shape index (κ3) is 4.06. The molecule has 7 nitrogen and oxygen atoms in total. The summed E-state index contributed by atoms with van der Waals surface area (Å²) in [6, 6.07) is 19.0. The second-order valence-electron chi connectivity index (χ2n) is 8.93. The third-order valence-electron chi connectivity index (χ3n) is 7.05. The number of nitriles is 2.